The van der Waals surface area contributed by atoms with E-state index in [1.807, 2.05) is 6.92 Å². The molecule has 1 aromatic rings. The molecule has 0 saturated heterocycles. The summed E-state index contributed by atoms with van der Waals surface area (Å²) in [6.07, 6.45) is 1.67. The zero-order valence-electron chi connectivity index (χ0n) is 11.5. The predicted octanol–water partition coefficient (Wildman–Crippen LogP) is 0.291. The normalized spacial score (nSPS) is 11.5. The number of sulfonamides is 1. The molecule has 114 valence electrons. The molecule has 0 aromatic carbocycles. The van der Waals surface area contributed by atoms with Crippen molar-refractivity contribution in [3.63, 3.8) is 0 Å². The Kier molecular flexibility index (Phi) is 6.62. The standard InChI is InChI=1S/C11H19N3O5S/c1-3-18-7-5-6-13-20(16,17)10-9(8-12-14-10)11(15)19-4-2/h8,13H,3-7H2,1-2H3,(H,12,14). The maximum Gasteiger partial charge on any atom is 0.342 e. The first-order valence-electron chi connectivity index (χ1n) is 6.30. The quantitative estimate of drug-likeness (QED) is 0.501. The van der Waals surface area contributed by atoms with Crippen molar-refractivity contribution in [1.82, 2.24) is 14.9 Å². The van der Waals surface area contributed by atoms with Gasteiger partial charge in [-0.3, -0.25) is 5.10 Å². The van der Waals surface area contributed by atoms with Gasteiger partial charge in [0.25, 0.3) is 10.0 Å². The first kappa shape index (κ1) is 16.6. The summed E-state index contributed by atoms with van der Waals surface area (Å²) in [5, 5.41) is 5.60. The molecule has 2 N–H and O–H groups in total. The highest BCUT2D eigenvalue weighted by molar-refractivity contribution is 7.89. The van der Waals surface area contributed by atoms with Gasteiger partial charge in [0, 0.05) is 19.8 Å². The van der Waals surface area contributed by atoms with Gasteiger partial charge in [0.1, 0.15) is 5.56 Å². The molecule has 20 heavy (non-hydrogen) atoms. The lowest BCUT2D eigenvalue weighted by molar-refractivity contribution is 0.0522. The Morgan fingerprint density at radius 3 is 2.80 bits per heavy atom. The summed E-state index contributed by atoms with van der Waals surface area (Å²) in [7, 11) is -3.82. The SMILES string of the molecule is CCOCCCNS(=O)(=O)c1[nH]ncc1C(=O)OCC. The van der Waals surface area contributed by atoms with Crippen molar-refractivity contribution in [3.05, 3.63) is 11.8 Å². The van der Waals surface area contributed by atoms with E-state index < -0.39 is 16.0 Å². The monoisotopic (exact) mass is 305 g/mol. The zero-order valence-corrected chi connectivity index (χ0v) is 12.3. The first-order valence-corrected chi connectivity index (χ1v) is 7.79. The molecule has 0 saturated carbocycles. The molecule has 1 rings (SSSR count). The summed E-state index contributed by atoms with van der Waals surface area (Å²) in [6.45, 7) is 4.92. The van der Waals surface area contributed by atoms with E-state index in [9.17, 15) is 13.2 Å². The van der Waals surface area contributed by atoms with Gasteiger partial charge in [-0.15, -0.1) is 0 Å². The molecule has 9 heteroatoms. The van der Waals surface area contributed by atoms with Crippen LogP contribution < -0.4 is 4.72 Å². The molecule has 0 aliphatic rings. The summed E-state index contributed by atoms with van der Waals surface area (Å²) < 4.78 is 36.3. The molecule has 0 radical (unpaired) electrons. The van der Waals surface area contributed by atoms with Crippen LogP contribution in [0.1, 0.15) is 30.6 Å². The molecule has 0 atom stereocenters. The highest BCUT2D eigenvalue weighted by atomic mass is 32.2. The topological polar surface area (TPSA) is 110 Å². The van der Waals surface area contributed by atoms with E-state index in [1.165, 1.54) is 0 Å². The Hall–Kier alpha value is -1.45. The maximum atomic E-state index is 12.0. The number of aromatic amines is 1. The highest BCUT2D eigenvalue weighted by Crippen LogP contribution is 2.12. The minimum atomic E-state index is -3.82. The van der Waals surface area contributed by atoms with E-state index >= 15 is 0 Å². The number of aromatic nitrogens is 2. The molecular formula is C11H19N3O5S. The molecule has 0 unspecified atom stereocenters. The molecule has 0 fully saturated rings. The van der Waals surface area contributed by atoms with Crippen LogP contribution >= 0.6 is 0 Å². The number of hydrogen-bond donors (Lipinski definition) is 2. The Balaban J connectivity index is 2.68. The van der Waals surface area contributed by atoms with Gasteiger partial charge in [-0.05, 0) is 20.3 Å². The second kappa shape index (κ2) is 7.98. The van der Waals surface area contributed by atoms with Crippen molar-refractivity contribution in [1.29, 1.82) is 0 Å². The Bertz CT molecular complexity index is 526. The number of rotatable bonds is 9. The highest BCUT2D eigenvalue weighted by Gasteiger charge is 2.25. The number of hydrogen-bond acceptors (Lipinski definition) is 6. The number of carbonyl (C=O) groups is 1. The van der Waals surface area contributed by atoms with Crippen molar-refractivity contribution in [2.24, 2.45) is 0 Å². The van der Waals surface area contributed by atoms with Crippen LogP contribution in [0, 0.1) is 0 Å². The smallest absolute Gasteiger partial charge is 0.342 e. The van der Waals surface area contributed by atoms with E-state index in [2.05, 4.69) is 14.9 Å². The van der Waals surface area contributed by atoms with E-state index in [-0.39, 0.29) is 23.7 Å². The summed E-state index contributed by atoms with van der Waals surface area (Å²) in [4.78, 5) is 11.6. The fourth-order valence-corrected chi connectivity index (χ4v) is 2.59. The molecule has 0 spiro atoms. The third kappa shape index (κ3) is 4.58. The summed E-state index contributed by atoms with van der Waals surface area (Å²) in [6, 6.07) is 0. The third-order valence-electron chi connectivity index (χ3n) is 2.33. The van der Waals surface area contributed by atoms with Crippen LogP contribution in [0.4, 0.5) is 0 Å². The third-order valence-corrected chi connectivity index (χ3v) is 3.76. The van der Waals surface area contributed by atoms with Crippen LogP contribution in [0.2, 0.25) is 0 Å². The Morgan fingerprint density at radius 2 is 2.15 bits per heavy atom. The zero-order chi connectivity index (χ0) is 15.0. The fraction of sp³-hybridized carbons (Fsp3) is 0.636. The second-order valence-corrected chi connectivity index (χ2v) is 5.49. The minimum Gasteiger partial charge on any atom is -0.462 e. The molecule has 0 aliphatic heterocycles. The molecule has 1 aromatic heterocycles. The second-order valence-electron chi connectivity index (χ2n) is 3.78. The van der Waals surface area contributed by atoms with Crippen molar-refractivity contribution in [2.45, 2.75) is 25.3 Å². The number of nitrogens with zero attached hydrogens (tertiary/aromatic N) is 1. The van der Waals surface area contributed by atoms with Crippen LogP contribution in [0.5, 0.6) is 0 Å². The molecule has 0 amide bonds. The van der Waals surface area contributed by atoms with Gasteiger partial charge >= 0.3 is 5.97 Å². The molecular weight excluding hydrogens is 286 g/mol. The van der Waals surface area contributed by atoms with Crippen LogP contribution in [-0.4, -0.2) is 50.9 Å². The minimum absolute atomic E-state index is 0.107. The lowest BCUT2D eigenvalue weighted by atomic mass is 10.4. The average molecular weight is 305 g/mol. The maximum absolute atomic E-state index is 12.0. The van der Waals surface area contributed by atoms with Crippen molar-refractivity contribution in [3.8, 4) is 0 Å². The van der Waals surface area contributed by atoms with Crippen LogP contribution in [-0.2, 0) is 19.5 Å². The van der Waals surface area contributed by atoms with Gasteiger partial charge in [0.2, 0.25) is 0 Å². The largest absolute Gasteiger partial charge is 0.462 e. The molecule has 8 nitrogen and oxygen atoms in total. The predicted molar refractivity (Wildman–Crippen MR) is 70.8 cm³/mol. The van der Waals surface area contributed by atoms with Crippen molar-refractivity contribution < 1.29 is 22.7 Å². The summed E-state index contributed by atoms with van der Waals surface area (Å²) >= 11 is 0. The van der Waals surface area contributed by atoms with Crippen LogP contribution in [0.15, 0.2) is 11.2 Å². The first-order chi connectivity index (χ1) is 9.53. The number of esters is 1. The molecule has 0 bridgehead atoms. The number of nitrogens with one attached hydrogen (secondary N) is 2. The number of ether oxygens (including phenoxy) is 2. The van der Waals surface area contributed by atoms with Gasteiger partial charge < -0.3 is 9.47 Å². The molecule has 1 heterocycles. The van der Waals surface area contributed by atoms with Crippen molar-refractivity contribution in [2.75, 3.05) is 26.4 Å². The Labute approximate surface area is 117 Å². The van der Waals surface area contributed by atoms with Crippen LogP contribution in [0.3, 0.4) is 0 Å². The lowest BCUT2D eigenvalue weighted by Gasteiger charge is -2.07. The van der Waals surface area contributed by atoms with E-state index in [4.69, 9.17) is 9.47 Å². The summed E-state index contributed by atoms with van der Waals surface area (Å²) in [5.41, 5.74) is -0.107. The summed E-state index contributed by atoms with van der Waals surface area (Å²) in [5.74, 6) is -0.726. The molecule has 0 aliphatic carbocycles. The van der Waals surface area contributed by atoms with Crippen LogP contribution in [0.25, 0.3) is 0 Å². The van der Waals surface area contributed by atoms with Gasteiger partial charge in [0.05, 0.1) is 12.8 Å². The number of H-pyrrole nitrogens is 1. The lowest BCUT2D eigenvalue weighted by Crippen LogP contribution is -2.27. The fourth-order valence-electron chi connectivity index (χ4n) is 1.43. The van der Waals surface area contributed by atoms with Gasteiger partial charge in [-0.25, -0.2) is 17.9 Å². The van der Waals surface area contributed by atoms with E-state index in [0.29, 0.717) is 19.6 Å². The van der Waals surface area contributed by atoms with E-state index in [1.54, 1.807) is 6.92 Å². The number of carbonyl (C=O) groups excluding carboxylic acids is 1. The van der Waals surface area contributed by atoms with Gasteiger partial charge in [0.15, 0.2) is 5.03 Å². The van der Waals surface area contributed by atoms with E-state index in [0.717, 1.165) is 6.20 Å². The van der Waals surface area contributed by atoms with Gasteiger partial charge in [-0.2, -0.15) is 5.10 Å². The van der Waals surface area contributed by atoms with Gasteiger partial charge in [-0.1, -0.05) is 0 Å². The Morgan fingerprint density at radius 1 is 1.40 bits per heavy atom. The average Bonchev–Trinajstić information content (AvgIpc) is 2.89. The van der Waals surface area contributed by atoms with Crippen molar-refractivity contribution >= 4 is 16.0 Å².